The first-order valence-electron chi connectivity index (χ1n) is 5.91. The second-order valence-electron chi connectivity index (χ2n) is 4.31. The van der Waals surface area contributed by atoms with Crippen LogP contribution in [0, 0.1) is 12.7 Å². The Labute approximate surface area is 105 Å². The highest BCUT2D eigenvalue weighted by Gasteiger charge is 2.08. The first-order valence-corrected chi connectivity index (χ1v) is 5.91. The lowest BCUT2D eigenvalue weighted by molar-refractivity contribution is 0.383. The van der Waals surface area contributed by atoms with Gasteiger partial charge in [-0.05, 0) is 25.0 Å². The number of nitrogens with zero attached hydrogens (tertiary/aromatic N) is 2. The molecule has 1 aromatic carbocycles. The minimum absolute atomic E-state index is 0.140. The summed E-state index contributed by atoms with van der Waals surface area (Å²) in [5, 5.41) is 7.03. The fraction of sp³-hybridized carbons (Fsp3) is 0.385. The van der Waals surface area contributed by atoms with Gasteiger partial charge >= 0.3 is 0 Å². The van der Waals surface area contributed by atoms with Crippen molar-refractivity contribution in [1.82, 2.24) is 15.5 Å². The smallest absolute Gasteiger partial charge is 0.223 e. The van der Waals surface area contributed by atoms with Gasteiger partial charge in [-0.2, -0.15) is 4.98 Å². The van der Waals surface area contributed by atoms with Crippen molar-refractivity contribution in [3.8, 4) is 0 Å². The lowest BCUT2D eigenvalue weighted by Gasteiger charge is -2.12. The molecule has 1 atom stereocenters. The van der Waals surface area contributed by atoms with Crippen molar-refractivity contribution in [3.05, 3.63) is 47.4 Å². The second-order valence-corrected chi connectivity index (χ2v) is 4.31. The Balaban J connectivity index is 1.85. The molecule has 96 valence electrons. The summed E-state index contributed by atoms with van der Waals surface area (Å²) in [6.45, 7) is 4.27. The zero-order valence-electron chi connectivity index (χ0n) is 10.5. The maximum atomic E-state index is 13.4. The highest BCUT2D eigenvalue weighted by atomic mass is 19.1. The summed E-state index contributed by atoms with van der Waals surface area (Å²) in [6.07, 6.45) is 0.628. The fourth-order valence-corrected chi connectivity index (χ4v) is 1.74. The molecule has 18 heavy (non-hydrogen) atoms. The molecule has 0 fully saturated rings. The molecular formula is C13H16FN3O. The standard InChI is InChI=1S/C13H16FN3O/c1-9(7-11-5-3-4-6-12(11)14)15-8-13-16-10(2)18-17-13/h3-6,9,15H,7-8H2,1-2H3. The summed E-state index contributed by atoms with van der Waals surface area (Å²) >= 11 is 0. The number of hydrogen-bond acceptors (Lipinski definition) is 4. The van der Waals surface area contributed by atoms with Gasteiger partial charge < -0.3 is 9.84 Å². The highest BCUT2D eigenvalue weighted by Crippen LogP contribution is 2.09. The van der Waals surface area contributed by atoms with E-state index >= 15 is 0 Å². The van der Waals surface area contributed by atoms with E-state index in [2.05, 4.69) is 15.5 Å². The summed E-state index contributed by atoms with van der Waals surface area (Å²) in [4.78, 5) is 4.09. The Bertz CT molecular complexity index is 512. The number of halogens is 1. The molecule has 2 aromatic rings. The molecule has 0 saturated carbocycles. The Morgan fingerprint density at radius 3 is 2.83 bits per heavy atom. The third-order valence-corrected chi connectivity index (χ3v) is 2.66. The van der Waals surface area contributed by atoms with Crippen LogP contribution >= 0.6 is 0 Å². The zero-order valence-corrected chi connectivity index (χ0v) is 10.5. The van der Waals surface area contributed by atoms with Crippen LogP contribution in [0.3, 0.4) is 0 Å². The number of benzene rings is 1. The third-order valence-electron chi connectivity index (χ3n) is 2.66. The van der Waals surface area contributed by atoms with E-state index in [4.69, 9.17) is 4.52 Å². The number of hydrogen-bond donors (Lipinski definition) is 1. The number of nitrogens with one attached hydrogen (secondary N) is 1. The molecule has 5 heteroatoms. The van der Waals surface area contributed by atoms with E-state index in [1.165, 1.54) is 6.07 Å². The topological polar surface area (TPSA) is 51.0 Å². The molecule has 0 radical (unpaired) electrons. The largest absolute Gasteiger partial charge is 0.340 e. The highest BCUT2D eigenvalue weighted by molar-refractivity contribution is 5.18. The number of rotatable bonds is 5. The minimum Gasteiger partial charge on any atom is -0.340 e. The Morgan fingerprint density at radius 2 is 2.17 bits per heavy atom. The summed E-state index contributed by atoms with van der Waals surface area (Å²) in [5.41, 5.74) is 0.710. The van der Waals surface area contributed by atoms with Crippen molar-refractivity contribution in [1.29, 1.82) is 0 Å². The molecule has 1 aromatic heterocycles. The van der Waals surface area contributed by atoms with Gasteiger partial charge in [0.1, 0.15) is 5.82 Å². The molecule has 0 saturated heterocycles. The molecule has 0 aliphatic carbocycles. The van der Waals surface area contributed by atoms with Crippen molar-refractivity contribution in [2.75, 3.05) is 0 Å². The van der Waals surface area contributed by atoms with Gasteiger partial charge in [0.05, 0.1) is 6.54 Å². The van der Waals surface area contributed by atoms with Gasteiger partial charge in [-0.15, -0.1) is 0 Å². The molecule has 0 spiro atoms. The van der Waals surface area contributed by atoms with E-state index < -0.39 is 0 Å². The van der Waals surface area contributed by atoms with Crippen LogP contribution < -0.4 is 5.32 Å². The van der Waals surface area contributed by atoms with Crippen molar-refractivity contribution >= 4 is 0 Å². The van der Waals surface area contributed by atoms with E-state index in [1.807, 2.05) is 13.0 Å². The summed E-state index contributed by atoms with van der Waals surface area (Å²) in [7, 11) is 0. The van der Waals surface area contributed by atoms with Crippen LogP contribution in [-0.2, 0) is 13.0 Å². The summed E-state index contributed by atoms with van der Waals surface area (Å²) in [5.74, 6) is 1.00. The lowest BCUT2D eigenvalue weighted by Crippen LogP contribution is -2.28. The summed E-state index contributed by atoms with van der Waals surface area (Å²) in [6, 6.07) is 6.95. The zero-order chi connectivity index (χ0) is 13.0. The van der Waals surface area contributed by atoms with Gasteiger partial charge in [0, 0.05) is 13.0 Å². The Hall–Kier alpha value is -1.75. The normalized spacial score (nSPS) is 12.6. The van der Waals surface area contributed by atoms with E-state index in [1.54, 1.807) is 19.1 Å². The third kappa shape index (κ3) is 3.37. The number of aryl methyl sites for hydroxylation is 1. The van der Waals surface area contributed by atoms with Gasteiger partial charge in [0.25, 0.3) is 0 Å². The summed E-state index contributed by atoms with van der Waals surface area (Å²) < 4.78 is 18.3. The van der Waals surface area contributed by atoms with E-state index in [-0.39, 0.29) is 11.9 Å². The van der Waals surface area contributed by atoms with Crippen LogP contribution in [0.5, 0.6) is 0 Å². The van der Waals surface area contributed by atoms with E-state index in [0.29, 0.717) is 30.2 Å². The average Bonchev–Trinajstić information content (AvgIpc) is 2.76. The van der Waals surface area contributed by atoms with Crippen LogP contribution in [0.4, 0.5) is 4.39 Å². The molecular weight excluding hydrogens is 233 g/mol. The van der Waals surface area contributed by atoms with Crippen molar-refractivity contribution < 1.29 is 8.91 Å². The predicted molar refractivity (Wildman–Crippen MR) is 65.4 cm³/mol. The van der Waals surface area contributed by atoms with Gasteiger partial charge in [-0.1, -0.05) is 23.4 Å². The average molecular weight is 249 g/mol. The van der Waals surface area contributed by atoms with Crippen molar-refractivity contribution in [2.24, 2.45) is 0 Å². The van der Waals surface area contributed by atoms with Crippen LogP contribution in [0.25, 0.3) is 0 Å². The predicted octanol–water partition coefficient (Wildman–Crippen LogP) is 2.24. The second kappa shape index (κ2) is 5.73. The molecule has 0 aliphatic heterocycles. The maximum absolute atomic E-state index is 13.4. The molecule has 0 aliphatic rings. The molecule has 1 N–H and O–H groups in total. The molecule has 0 amide bonds. The van der Waals surface area contributed by atoms with Gasteiger partial charge in [0.15, 0.2) is 5.82 Å². The first kappa shape index (κ1) is 12.7. The van der Waals surface area contributed by atoms with Crippen molar-refractivity contribution in [3.63, 3.8) is 0 Å². The van der Waals surface area contributed by atoms with Gasteiger partial charge in [0.2, 0.25) is 5.89 Å². The van der Waals surface area contributed by atoms with E-state index in [9.17, 15) is 4.39 Å². The van der Waals surface area contributed by atoms with Crippen LogP contribution in [0.1, 0.15) is 24.2 Å². The first-order chi connectivity index (χ1) is 8.65. The van der Waals surface area contributed by atoms with Crippen molar-refractivity contribution in [2.45, 2.75) is 32.9 Å². The van der Waals surface area contributed by atoms with Gasteiger partial charge in [-0.25, -0.2) is 4.39 Å². The minimum atomic E-state index is -0.165. The van der Waals surface area contributed by atoms with Crippen LogP contribution in [-0.4, -0.2) is 16.2 Å². The molecule has 1 unspecified atom stereocenters. The maximum Gasteiger partial charge on any atom is 0.223 e. The SMILES string of the molecule is Cc1nc(CNC(C)Cc2ccccc2F)no1. The lowest BCUT2D eigenvalue weighted by atomic mass is 10.1. The quantitative estimate of drug-likeness (QED) is 0.883. The Kier molecular flexibility index (Phi) is 4.04. The Morgan fingerprint density at radius 1 is 1.39 bits per heavy atom. The number of aromatic nitrogens is 2. The molecule has 4 nitrogen and oxygen atoms in total. The monoisotopic (exact) mass is 249 g/mol. The van der Waals surface area contributed by atoms with Crippen LogP contribution in [0.2, 0.25) is 0 Å². The van der Waals surface area contributed by atoms with Crippen LogP contribution in [0.15, 0.2) is 28.8 Å². The molecule has 1 heterocycles. The molecule has 2 rings (SSSR count). The molecule has 0 bridgehead atoms. The van der Waals surface area contributed by atoms with E-state index in [0.717, 1.165) is 0 Å². The fourth-order valence-electron chi connectivity index (χ4n) is 1.74. The van der Waals surface area contributed by atoms with Gasteiger partial charge in [-0.3, -0.25) is 0 Å².